The van der Waals surface area contributed by atoms with Crippen molar-refractivity contribution >= 4 is 6.08 Å². The van der Waals surface area contributed by atoms with Crippen LogP contribution < -0.4 is 9.47 Å². The maximum Gasteiger partial charge on any atom is 0.129 e. The van der Waals surface area contributed by atoms with Crippen LogP contribution in [-0.4, -0.2) is 25.4 Å². The summed E-state index contributed by atoms with van der Waals surface area (Å²) < 4.78 is 10.9. The molecule has 100 valence electrons. The second kappa shape index (κ2) is 5.91. The molecule has 0 aliphatic carbocycles. The minimum Gasteiger partial charge on any atom is -0.496 e. The molecule has 1 atom stereocenters. The van der Waals surface area contributed by atoms with Crippen LogP contribution in [0.4, 0.5) is 0 Å². The molecule has 1 N–H and O–H groups in total. The predicted molar refractivity (Wildman–Crippen MR) is 74.5 cm³/mol. The molecule has 0 aliphatic rings. The molecule has 1 aromatic carbocycles. The fourth-order valence-corrected chi connectivity index (χ4v) is 2.12. The van der Waals surface area contributed by atoms with Gasteiger partial charge in [0.2, 0.25) is 0 Å². The number of aliphatic hydroxyl groups is 1. The van der Waals surface area contributed by atoms with Crippen LogP contribution in [0.1, 0.15) is 29.2 Å². The highest BCUT2D eigenvalue weighted by atomic mass is 16.5. The average molecular weight is 250 g/mol. The Labute approximate surface area is 109 Å². The van der Waals surface area contributed by atoms with Crippen molar-refractivity contribution in [3.63, 3.8) is 0 Å². The smallest absolute Gasteiger partial charge is 0.129 e. The first kappa shape index (κ1) is 14.6. The monoisotopic (exact) mass is 250 g/mol. The molecule has 0 spiro atoms. The van der Waals surface area contributed by atoms with Crippen LogP contribution in [0.25, 0.3) is 6.08 Å². The van der Waals surface area contributed by atoms with E-state index in [1.165, 1.54) is 0 Å². The van der Waals surface area contributed by atoms with Gasteiger partial charge in [0.15, 0.2) is 0 Å². The molecule has 0 radical (unpaired) electrons. The molecule has 0 bridgehead atoms. The van der Waals surface area contributed by atoms with E-state index in [0.29, 0.717) is 0 Å². The highest BCUT2D eigenvalue weighted by Gasteiger charge is 2.16. The van der Waals surface area contributed by atoms with Crippen molar-refractivity contribution < 1.29 is 14.6 Å². The molecule has 3 nitrogen and oxygen atoms in total. The Morgan fingerprint density at radius 3 is 1.89 bits per heavy atom. The maximum absolute atomic E-state index is 9.36. The molecule has 0 fully saturated rings. The van der Waals surface area contributed by atoms with E-state index in [1.54, 1.807) is 27.2 Å². The summed E-state index contributed by atoms with van der Waals surface area (Å²) in [6.45, 7) is 7.74. The summed E-state index contributed by atoms with van der Waals surface area (Å²) in [4.78, 5) is 0. The summed E-state index contributed by atoms with van der Waals surface area (Å²) in [5, 5.41) is 9.36. The van der Waals surface area contributed by atoms with E-state index in [1.807, 2.05) is 26.8 Å². The van der Waals surface area contributed by atoms with Gasteiger partial charge >= 0.3 is 0 Å². The topological polar surface area (TPSA) is 38.7 Å². The second-order valence-corrected chi connectivity index (χ2v) is 4.45. The predicted octanol–water partition coefficient (Wildman–Crippen LogP) is 3.02. The zero-order valence-corrected chi connectivity index (χ0v) is 12.0. The normalized spacial score (nSPS) is 12.8. The lowest BCUT2D eigenvalue weighted by molar-refractivity contribution is 0.245. The third kappa shape index (κ3) is 2.67. The molecule has 1 rings (SSSR count). The van der Waals surface area contributed by atoms with Gasteiger partial charge in [-0.3, -0.25) is 0 Å². The van der Waals surface area contributed by atoms with Gasteiger partial charge < -0.3 is 14.6 Å². The van der Waals surface area contributed by atoms with E-state index in [-0.39, 0.29) is 0 Å². The van der Waals surface area contributed by atoms with Crippen LogP contribution in [0.15, 0.2) is 6.08 Å². The quantitative estimate of drug-likeness (QED) is 0.892. The first-order chi connectivity index (χ1) is 8.43. The van der Waals surface area contributed by atoms with Crippen molar-refractivity contribution in [2.24, 2.45) is 0 Å². The van der Waals surface area contributed by atoms with E-state index >= 15 is 0 Å². The third-order valence-corrected chi connectivity index (χ3v) is 3.18. The number of hydrogen-bond acceptors (Lipinski definition) is 3. The molecule has 1 unspecified atom stereocenters. The number of aliphatic hydroxyl groups excluding tert-OH is 1. The molecule has 18 heavy (non-hydrogen) atoms. The van der Waals surface area contributed by atoms with Crippen LogP contribution >= 0.6 is 0 Å². The highest BCUT2D eigenvalue weighted by Crippen LogP contribution is 2.38. The number of ether oxygens (including phenoxy) is 2. The zero-order chi connectivity index (χ0) is 13.9. The van der Waals surface area contributed by atoms with Gasteiger partial charge in [0, 0.05) is 11.1 Å². The van der Waals surface area contributed by atoms with Gasteiger partial charge in [0.1, 0.15) is 11.5 Å². The van der Waals surface area contributed by atoms with Crippen LogP contribution in [0.5, 0.6) is 11.5 Å². The lowest BCUT2D eigenvalue weighted by Gasteiger charge is -2.18. The van der Waals surface area contributed by atoms with Gasteiger partial charge in [-0.1, -0.05) is 12.2 Å². The Kier molecular flexibility index (Phi) is 4.79. The van der Waals surface area contributed by atoms with Crippen LogP contribution in [0.3, 0.4) is 0 Å². The molecular formula is C15H22O3. The molecule has 0 saturated carbocycles. The van der Waals surface area contributed by atoms with Crippen molar-refractivity contribution in [1.29, 1.82) is 0 Å². The van der Waals surface area contributed by atoms with Crippen molar-refractivity contribution in [3.05, 3.63) is 28.3 Å². The van der Waals surface area contributed by atoms with E-state index < -0.39 is 6.10 Å². The molecule has 0 aromatic heterocycles. The number of benzene rings is 1. The summed E-state index contributed by atoms with van der Waals surface area (Å²) in [6.07, 6.45) is 3.13. The van der Waals surface area contributed by atoms with Gasteiger partial charge in [-0.25, -0.2) is 0 Å². The first-order valence-corrected chi connectivity index (χ1v) is 6.02. The van der Waals surface area contributed by atoms with E-state index in [4.69, 9.17) is 9.47 Å². The van der Waals surface area contributed by atoms with Crippen LogP contribution in [0.2, 0.25) is 0 Å². The zero-order valence-electron chi connectivity index (χ0n) is 12.0. The van der Waals surface area contributed by atoms with Crippen LogP contribution in [0, 0.1) is 20.8 Å². The fraction of sp³-hybridized carbons (Fsp3) is 0.467. The van der Waals surface area contributed by atoms with Gasteiger partial charge in [0.05, 0.1) is 20.3 Å². The summed E-state index contributed by atoms with van der Waals surface area (Å²) in [7, 11) is 3.33. The second-order valence-electron chi connectivity index (χ2n) is 4.45. The molecule has 3 heteroatoms. The van der Waals surface area contributed by atoms with Crippen molar-refractivity contribution in [2.75, 3.05) is 14.2 Å². The van der Waals surface area contributed by atoms with E-state index in [9.17, 15) is 5.11 Å². The van der Waals surface area contributed by atoms with Gasteiger partial charge in [0.25, 0.3) is 0 Å². The van der Waals surface area contributed by atoms with Gasteiger partial charge in [-0.05, 0) is 38.8 Å². The molecule has 0 amide bonds. The standard InChI is InChI=1S/C15H22O3/c1-9(16)7-8-13-12(4)14(17-5)10(2)11(3)15(13)18-6/h7-9,16H,1-6H3/b8-7-. The minimum absolute atomic E-state index is 0.485. The molecule has 0 saturated heterocycles. The average Bonchev–Trinajstić information content (AvgIpc) is 2.32. The van der Waals surface area contributed by atoms with Gasteiger partial charge in [-0.15, -0.1) is 0 Å². The van der Waals surface area contributed by atoms with Gasteiger partial charge in [-0.2, -0.15) is 0 Å². The van der Waals surface area contributed by atoms with E-state index in [0.717, 1.165) is 33.8 Å². The molecule has 0 aliphatic heterocycles. The summed E-state index contributed by atoms with van der Waals surface area (Å²) in [5.41, 5.74) is 4.12. The number of hydrogen-bond donors (Lipinski definition) is 1. The Hall–Kier alpha value is -1.48. The number of rotatable bonds is 4. The lowest BCUT2D eigenvalue weighted by Crippen LogP contribution is -2.02. The largest absolute Gasteiger partial charge is 0.496 e. The minimum atomic E-state index is -0.485. The van der Waals surface area contributed by atoms with Crippen LogP contribution in [-0.2, 0) is 0 Å². The fourth-order valence-electron chi connectivity index (χ4n) is 2.12. The highest BCUT2D eigenvalue weighted by molar-refractivity contribution is 5.69. The van der Waals surface area contributed by atoms with Crippen molar-refractivity contribution in [1.82, 2.24) is 0 Å². The Balaban J connectivity index is 3.52. The maximum atomic E-state index is 9.36. The molecule has 0 heterocycles. The van der Waals surface area contributed by atoms with Crippen molar-refractivity contribution in [2.45, 2.75) is 33.8 Å². The lowest BCUT2D eigenvalue weighted by atomic mass is 9.96. The third-order valence-electron chi connectivity index (χ3n) is 3.18. The van der Waals surface area contributed by atoms with Crippen molar-refractivity contribution in [3.8, 4) is 11.5 Å². The molecule has 1 aromatic rings. The molecular weight excluding hydrogens is 228 g/mol. The van der Waals surface area contributed by atoms with E-state index in [2.05, 4.69) is 0 Å². The Morgan fingerprint density at radius 1 is 0.944 bits per heavy atom. The Morgan fingerprint density at radius 2 is 1.44 bits per heavy atom. The summed E-state index contributed by atoms with van der Waals surface area (Å²) >= 11 is 0. The number of methoxy groups -OCH3 is 2. The summed E-state index contributed by atoms with van der Waals surface area (Å²) in [6, 6.07) is 0. The first-order valence-electron chi connectivity index (χ1n) is 6.02. The SMILES string of the molecule is COc1c(C)c(C)c(OC)c(/C=C\C(C)O)c1C. The summed E-state index contributed by atoms with van der Waals surface area (Å²) in [5.74, 6) is 1.71. The Bertz CT molecular complexity index is 460.